The van der Waals surface area contributed by atoms with Crippen LogP contribution in [-0.4, -0.2) is 7.05 Å². The summed E-state index contributed by atoms with van der Waals surface area (Å²) >= 11 is 0. The van der Waals surface area contributed by atoms with E-state index in [-0.39, 0.29) is 0 Å². The number of hydrogen-bond acceptors (Lipinski definition) is 1. The molecule has 0 unspecified atom stereocenters. The van der Waals surface area contributed by atoms with Crippen LogP contribution in [0.25, 0.3) is 11.1 Å². The number of hydrogen-bond donors (Lipinski definition) is 1. The second-order valence-electron chi connectivity index (χ2n) is 3.54. The van der Waals surface area contributed by atoms with Crippen molar-refractivity contribution in [3.8, 4) is 0 Å². The van der Waals surface area contributed by atoms with E-state index in [4.69, 9.17) is 0 Å². The zero-order valence-electron chi connectivity index (χ0n) is 9.15. The Morgan fingerprint density at radius 3 is 2.21 bits per heavy atom. The molecule has 1 N–H and O–H groups in total. The zero-order chi connectivity index (χ0) is 10.7. The van der Waals surface area contributed by atoms with Crippen molar-refractivity contribution < 1.29 is 0 Å². The van der Waals surface area contributed by atoms with Crippen molar-refractivity contribution in [3.63, 3.8) is 0 Å². The van der Waals surface area contributed by atoms with E-state index in [0.29, 0.717) is 0 Å². The van der Waals surface area contributed by atoms with Gasteiger partial charge in [-0.1, -0.05) is 30.9 Å². The minimum Gasteiger partial charge on any atom is -0.388 e. The van der Waals surface area contributed by atoms with Crippen LogP contribution in [0.4, 0.5) is 5.69 Å². The third-order valence-corrected chi connectivity index (χ3v) is 2.22. The van der Waals surface area contributed by atoms with E-state index in [1.54, 1.807) is 0 Å². The average molecular weight is 187 g/mol. The monoisotopic (exact) mass is 187 g/mol. The molecule has 0 atom stereocenters. The van der Waals surface area contributed by atoms with Crippen LogP contribution in [0.3, 0.4) is 0 Å². The van der Waals surface area contributed by atoms with Gasteiger partial charge < -0.3 is 5.32 Å². The Kier molecular flexibility index (Phi) is 3.13. The Morgan fingerprint density at radius 2 is 1.79 bits per heavy atom. The van der Waals surface area contributed by atoms with Crippen LogP contribution in [0, 0.1) is 0 Å². The van der Waals surface area contributed by atoms with Crippen LogP contribution in [-0.2, 0) is 0 Å². The highest BCUT2D eigenvalue weighted by molar-refractivity contribution is 5.84. The lowest BCUT2D eigenvalue weighted by Gasteiger charge is -2.14. The average Bonchev–Trinajstić information content (AvgIpc) is 2.16. The van der Waals surface area contributed by atoms with E-state index >= 15 is 0 Å². The molecule has 0 saturated carbocycles. The van der Waals surface area contributed by atoms with Crippen molar-refractivity contribution in [2.45, 2.75) is 13.8 Å². The van der Waals surface area contributed by atoms with Gasteiger partial charge in [-0.3, -0.25) is 0 Å². The predicted octanol–water partition coefficient (Wildman–Crippen LogP) is 3.79. The molecule has 1 nitrogen and oxygen atoms in total. The third kappa shape index (κ3) is 1.87. The lowest BCUT2D eigenvalue weighted by molar-refractivity contribution is 1.43. The van der Waals surface area contributed by atoms with E-state index in [2.05, 4.69) is 30.6 Å². The summed E-state index contributed by atoms with van der Waals surface area (Å²) in [5.74, 6) is 0. The fraction of sp³-hybridized carbons (Fsp3) is 0.231. The molecular formula is C13H17N. The van der Waals surface area contributed by atoms with E-state index < -0.39 is 0 Å². The van der Waals surface area contributed by atoms with Crippen LogP contribution in [0.5, 0.6) is 0 Å². The summed E-state index contributed by atoms with van der Waals surface area (Å²) in [5, 5.41) is 3.17. The SMILES string of the molecule is C=C(C)c1cccc(NC)c1C(=C)C. The van der Waals surface area contributed by atoms with Crippen molar-refractivity contribution in [1.82, 2.24) is 0 Å². The van der Waals surface area contributed by atoms with Gasteiger partial charge in [0.15, 0.2) is 0 Å². The first-order chi connectivity index (χ1) is 6.57. The maximum absolute atomic E-state index is 4.00. The van der Waals surface area contributed by atoms with Crippen LogP contribution in [0.15, 0.2) is 31.4 Å². The maximum atomic E-state index is 4.00. The Bertz CT molecular complexity index is 375. The fourth-order valence-electron chi connectivity index (χ4n) is 1.58. The molecule has 0 fully saturated rings. The molecule has 0 aromatic heterocycles. The summed E-state index contributed by atoms with van der Waals surface area (Å²) in [6.07, 6.45) is 0. The topological polar surface area (TPSA) is 12.0 Å². The highest BCUT2D eigenvalue weighted by Gasteiger charge is 2.07. The lowest BCUT2D eigenvalue weighted by atomic mass is 9.95. The molecule has 0 heterocycles. The molecule has 14 heavy (non-hydrogen) atoms. The minimum absolute atomic E-state index is 1.06. The number of allylic oxidation sites excluding steroid dienone is 2. The van der Waals surface area contributed by atoms with Crippen molar-refractivity contribution in [3.05, 3.63) is 42.5 Å². The second kappa shape index (κ2) is 4.14. The fourth-order valence-corrected chi connectivity index (χ4v) is 1.58. The van der Waals surface area contributed by atoms with Gasteiger partial charge in [-0.05, 0) is 31.1 Å². The molecule has 74 valence electrons. The van der Waals surface area contributed by atoms with E-state index in [1.165, 1.54) is 11.1 Å². The molecule has 0 aliphatic heterocycles. The van der Waals surface area contributed by atoms with Gasteiger partial charge in [0, 0.05) is 18.3 Å². The molecule has 0 bridgehead atoms. The molecule has 1 aromatic rings. The van der Waals surface area contributed by atoms with Crippen LogP contribution in [0.2, 0.25) is 0 Å². The van der Waals surface area contributed by atoms with Crippen LogP contribution < -0.4 is 5.32 Å². The molecule has 0 amide bonds. The van der Waals surface area contributed by atoms with E-state index in [0.717, 1.165) is 16.8 Å². The van der Waals surface area contributed by atoms with Crippen LogP contribution >= 0.6 is 0 Å². The van der Waals surface area contributed by atoms with Crippen molar-refractivity contribution >= 4 is 16.8 Å². The summed E-state index contributed by atoms with van der Waals surface area (Å²) in [7, 11) is 1.92. The summed E-state index contributed by atoms with van der Waals surface area (Å²) in [6, 6.07) is 6.16. The predicted molar refractivity (Wildman–Crippen MR) is 65.4 cm³/mol. The first-order valence-corrected chi connectivity index (χ1v) is 4.70. The van der Waals surface area contributed by atoms with Gasteiger partial charge in [0.1, 0.15) is 0 Å². The van der Waals surface area contributed by atoms with Crippen LogP contribution in [0.1, 0.15) is 25.0 Å². The van der Waals surface area contributed by atoms with Crippen molar-refractivity contribution in [1.29, 1.82) is 0 Å². The third-order valence-electron chi connectivity index (χ3n) is 2.22. The first kappa shape index (κ1) is 10.6. The van der Waals surface area contributed by atoms with E-state index in [9.17, 15) is 0 Å². The normalized spacial score (nSPS) is 9.64. The number of rotatable bonds is 3. The van der Waals surface area contributed by atoms with Crippen molar-refractivity contribution in [2.24, 2.45) is 0 Å². The minimum atomic E-state index is 1.06. The number of benzene rings is 1. The molecule has 1 rings (SSSR count). The quantitative estimate of drug-likeness (QED) is 0.759. The van der Waals surface area contributed by atoms with Gasteiger partial charge in [-0.2, -0.15) is 0 Å². The molecular weight excluding hydrogens is 170 g/mol. The van der Waals surface area contributed by atoms with Gasteiger partial charge in [0.05, 0.1) is 0 Å². The van der Waals surface area contributed by atoms with Gasteiger partial charge in [0.25, 0.3) is 0 Å². The first-order valence-electron chi connectivity index (χ1n) is 4.70. The van der Waals surface area contributed by atoms with Crippen molar-refractivity contribution in [2.75, 3.05) is 12.4 Å². The Labute approximate surface area is 86.2 Å². The zero-order valence-corrected chi connectivity index (χ0v) is 9.15. The largest absolute Gasteiger partial charge is 0.388 e. The van der Waals surface area contributed by atoms with Gasteiger partial charge in [-0.25, -0.2) is 0 Å². The summed E-state index contributed by atoms with van der Waals surface area (Å²) in [5.41, 5.74) is 5.58. The Hall–Kier alpha value is -1.50. The summed E-state index contributed by atoms with van der Waals surface area (Å²) < 4.78 is 0. The lowest BCUT2D eigenvalue weighted by Crippen LogP contribution is -1.97. The Morgan fingerprint density at radius 1 is 1.14 bits per heavy atom. The smallest absolute Gasteiger partial charge is 0.0419 e. The number of nitrogens with one attached hydrogen (secondary N) is 1. The molecule has 1 heteroatoms. The maximum Gasteiger partial charge on any atom is 0.0419 e. The van der Waals surface area contributed by atoms with Gasteiger partial charge in [0.2, 0.25) is 0 Å². The number of anilines is 1. The highest BCUT2D eigenvalue weighted by atomic mass is 14.8. The molecule has 0 aliphatic rings. The Balaban J connectivity index is 3.43. The summed E-state index contributed by atoms with van der Waals surface area (Å²) in [4.78, 5) is 0. The standard InChI is InChI=1S/C13H17N/c1-9(2)11-7-6-8-12(14-5)13(11)10(3)4/h6-8,14H,1,3H2,2,4-5H3. The van der Waals surface area contributed by atoms with Gasteiger partial charge >= 0.3 is 0 Å². The summed E-state index contributed by atoms with van der Waals surface area (Å²) in [6.45, 7) is 12.0. The molecule has 0 saturated heterocycles. The molecule has 1 aromatic carbocycles. The van der Waals surface area contributed by atoms with E-state index in [1.807, 2.05) is 27.0 Å². The van der Waals surface area contributed by atoms with Gasteiger partial charge in [-0.15, -0.1) is 0 Å². The molecule has 0 spiro atoms. The second-order valence-corrected chi connectivity index (χ2v) is 3.54. The highest BCUT2D eigenvalue weighted by Crippen LogP contribution is 2.29. The molecule has 0 radical (unpaired) electrons. The molecule has 0 aliphatic carbocycles.